The molecule has 0 aliphatic carbocycles. The number of aromatic nitrogens is 4. The molecule has 2 aromatic heterocycles. The molecular formula is C12H12N4OS. The highest BCUT2D eigenvalue weighted by Crippen LogP contribution is 2.33. The van der Waals surface area contributed by atoms with Crippen LogP contribution >= 0.6 is 11.8 Å². The molecule has 3 aromatic rings. The quantitative estimate of drug-likeness (QED) is 0.678. The maximum absolute atomic E-state index is 5.73. The van der Waals surface area contributed by atoms with Crippen LogP contribution in [0, 0.1) is 0 Å². The number of thioether (sulfide) groups is 1. The highest BCUT2D eigenvalue weighted by molar-refractivity contribution is 7.99. The van der Waals surface area contributed by atoms with Crippen LogP contribution in [0.25, 0.3) is 11.1 Å². The van der Waals surface area contributed by atoms with Crippen LogP contribution < -0.4 is 0 Å². The smallest absolute Gasteiger partial charge is 0.208 e. The van der Waals surface area contributed by atoms with Crippen LogP contribution in [0.1, 0.15) is 18.1 Å². The summed E-state index contributed by atoms with van der Waals surface area (Å²) in [5, 5.41) is 4.99. The van der Waals surface area contributed by atoms with E-state index in [-0.39, 0.29) is 5.25 Å². The first-order chi connectivity index (χ1) is 8.74. The number of nitrogens with zero attached hydrogens (tertiary/aromatic N) is 4. The number of rotatable bonds is 3. The Morgan fingerprint density at radius 2 is 2.17 bits per heavy atom. The fourth-order valence-electron chi connectivity index (χ4n) is 1.66. The summed E-state index contributed by atoms with van der Waals surface area (Å²) in [4.78, 5) is 8.66. The SMILES string of the molecule is CC(Sc1ncnn1C)c1nc2ccccc2o1. The molecule has 3 rings (SSSR count). The summed E-state index contributed by atoms with van der Waals surface area (Å²) in [5.74, 6) is 0.712. The second-order valence-corrected chi connectivity index (χ2v) is 5.25. The zero-order chi connectivity index (χ0) is 12.5. The van der Waals surface area contributed by atoms with E-state index in [1.54, 1.807) is 22.8 Å². The Labute approximate surface area is 108 Å². The molecule has 1 atom stereocenters. The molecule has 0 aliphatic heterocycles. The molecular weight excluding hydrogens is 248 g/mol. The van der Waals surface area contributed by atoms with E-state index in [1.807, 2.05) is 38.2 Å². The van der Waals surface area contributed by atoms with E-state index >= 15 is 0 Å². The number of hydrogen-bond donors (Lipinski definition) is 0. The zero-order valence-corrected chi connectivity index (χ0v) is 10.9. The molecule has 0 spiro atoms. The number of aryl methyl sites for hydroxylation is 1. The second-order valence-electron chi connectivity index (χ2n) is 3.95. The van der Waals surface area contributed by atoms with Crippen molar-refractivity contribution in [3.63, 3.8) is 0 Å². The van der Waals surface area contributed by atoms with E-state index < -0.39 is 0 Å². The topological polar surface area (TPSA) is 56.7 Å². The number of benzene rings is 1. The molecule has 6 heteroatoms. The Morgan fingerprint density at radius 1 is 1.33 bits per heavy atom. The third kappa shape index (κ3) is 1.99. The van der Waals surface area contributed by atoms with Crippen molar-refractivity contribution in [2.75, 3.05) is 0 Å². The van der Waals surface area contributed by atoms with E-state index in [2.05, 4.69) is 15.1 Å². The monoisotopic (exact) mass is 260 g/mol. The first-order valence-corrected chi connectivity index (χ1v) is 6.48. The van der Waals surface area contributed by atoms with Gasteiger partial charge in [-0.2, -0.15) is 5.10 Å². The van der Waals surface area contributed by atoms with Gasteiger partial charge < -0.3 is 4.42 Å². The number of hydrogen-bond acceptors (Lipinski definition) is 5. The fourth-order valence-corrected chi connectivity index (χ4v) is 2.49. The largest absolute Gasteiger partial charge is 0.439 e. The van der Waals surface area contributed by atoms with Gasteiger partial charge in [0.1, 0.15) is 11.8 Å². The number of fused-ring (bicyclic) bond motifs is 1. The summed E-state index contributed by atoms with van der Waals surface area (Å²) in [6.07, 6.45) is 1.54. The molecule has 0 bridgehead atoms. The highest BCUT2D eigenvalue weighted by Gasteiger charge is 2.16. The lowest BCUT2D eigenvalue weighted by Crippen LogP contribution is -1.96. The van der Waals surface area contributed by atoms with Gasteiger partial charge in [0.25, 0.3) is 0 Å². The van der Waals surface area contributed by atoms with E-state index in [4.69, 9.17) is 4.42 Å². The van der Waals surface area contributed by atoms with Crippen LogP contribution in [0.2, 0.25) is 0 Å². The van der Waals surface area contributed by atoms with Crippen molar-refractivity contribution in [1.82, 2.24) is 19.7 Å². The van der Waals surface area contributed by atoms with Gasteiger partial charge in [-0.15, -0.1) is 0 Å². The van der Waals surface area contributed by atoms with Crippen LogP contribution in [0.15, 0.2) is 40.2 Å². The lowest BCUT2D eigenvalue weighted by Gasteiger charge is -2.05. The van der Waals surface area contributed by atoms with Gasteiger partial charge >= 0.3 is 0 Å². The Kier molecular flexibility index (Phi) is 2.79. The van der Waals surface area contributed by atoms with Crippen molar-refractivity contribution in [2.24, 2.45) is 7.05 Å². The van der Waals surface area contributed by atoms with Crippen LogP contribution in [-0.4, -0.2) is 19.7 Å². The summed E-state index contributed by atoms with van der Waals surface area (Å²) in [6, 6.07) is 7.76. The standard InChI is InChI=1S/C12H12N4OS/c1-8(18-12-13-7-14-16(12)2)11-15-9-5-3-4-6-10(9)17-11/h3-8H,1-2H3. The molecule has 1 unspecified atom stereocenters. The van der Waals surface area contributed by atoms with E-state index in [0.717, 1.165) is 16.3 Å². The predicted molar refractivity (Wildman–Crippen MR) is 69.3 cm³/mol. The second kappa shape index (κ2) is 4.45. The van der Waals surface area contributed by atoms with E-state index in [0.29, 0.717) is 5.89 Å². The average Bonchev–Trinajstić information content (AvgIpc) is 2.96. The minimum absolute atomic E-state index is 0.0975. The van der Waals surface area contributed by atoms with Crippen molar-refractivity contribution < 1.29 is 4.42 Å². The molecule has 0 aliphatic rings. The van der Waals surface area contributed by atoms with Gasteiger partial charge in [-0.05, 0) is 19.1 Å². The molecule has 92 valence electrons. The van der Waals surface area contributed by atoms with Gasteiger partial charge in [-0.1, -0.05) is 23.9 Å². The highest BCUT2D eigenvalue weighted by atomic mass is 32.2. The zero-order valence-electron chi connectivity index (χ0n) is 10.1. The Morgan fingerprint density at radius 3 is 2.89 bits per heavy atom. The Balaban J connectivity index is 1.88. The van der Waals surface area contributed by atoms with Gasteiger partial charge in [-0.3, -0.25) is 0 Å². The Bertz CT molecular complexity index is 642. The van der Waals surface area contributed by atoms with Crippen molar-refractivity contribution in [2.45, 2.75) is 17.3 Å². The maximum atomic E-state index is 5.73. The Hall–Kier alpha value is -1.82. The van der Waals surface area contributed by atoms with Crippen molar-refractivity contribution in [1.29, 1.82) is 0 Å². The van der Waals surface area contributed by atoms with Gasteiger partial charge in [-0.25, -0.2) is 14.6 Å². The number of oxazole rings is 1. The summed E-state index contributed by atoms with van der Waals surface area (Å²) in [6.45, 7) is 2.05. The summed E-state index contributed by atoms with van der Waals surface area (Å²) < 4.78 is 7.47. The van der Waals surface area contributed by atoms with Crippen LogP contribution in [0.4, 0.5) is 0 Å². The molecule has 2 heterocycles. The van der Waals surface area contributed by atoms with E-state index in [1.165, 1.54) is 0 Å². The van der Waals surface area contributed by atoms with Gasteiger partial charge in [0, 0.05) is 7.05 Å². The van der Waals surface area contributed by atoms with Gasteiger partial charge in [0.05, 0.1) is 5.25 Å². The summed E-state index contributed by atoms with van der Waals surface area (Å²) in [5.41, 5.74) is 1.70. The van der Waals surface area contributed by atoms with Crippen LogP contribution in [-0.2, 0) is 7.05 Å². The number of para-hydroxylation sites is 2. The minimum Gasteiger partial charge on any atom is -0.439 e. The molecule has 0 saturated heterocycles. The molecule has 0 N–H and O–H groups in total. The molecule has 5 nitrogen and oxygen atoms in total. The summed E-state index contributed by atoms with van der Waals surface area (Å²) in [7, 11) is 1.87. The first kappa shape index (κ1) is 11.3. The van der Waals surface area contributed by atoms with Crippen molar-refractivity contribution >= 4 is 22.9 Å². The molecule has 0 saturated carbocycles. The first-order valence-electron chi connectivity index (χ1n) is 5.60. The third-order valence-electron chi connectivity index (χ3n) is 2.61. The van der Waals surface area contributed by atoms with Crippen LogP contribution in [0.5, 0.6) is 0 Å². The molecule has 1 aromatic carbocycles. The maximum Gasteiger partial charge on any atom is 0.208 e. The normalized spacial score (nSPS) is 13.0. The third-order valence-corrected chi connectivity index (χ3v) is 3.75. The fraction of sp³-hybridized carbons (Fsp3) is 0.250. The van der Waals surface area contributed by atoms with Crippen molar-refractivity contribution in [3.8, 4) is 0 Å². The summed E-state index contributed by atoms with van der Waals surface area (Å²) >= 11 is 1.58. The van der Waals surface area contributed by atoms with Crippen LogP contribution in [0.3, 0.4) is 0 Å². The van der Waals surface area contributed by atoms with Gasteiger partial charge in [0.2, 0.25) is 5.89 Å². The lowest BCUT2D eigenvalue weighted by molar-refractivity contribution is 0.533. The molecule has 0 amide bonds. The average molecular weight is 260 g/mol. The van der Waals surface area contributed by atoms with E-state index in [9.17, 15) is 0 Å². The predicted octanol–water partition coefficient (Wildman–Crippen LogP) is 2.81. The lowest BCUT2D eigenvalue weighted by atomic mass is 10.3. The minimum atomic E-state index is 0.0975. The van der Waals surface area contributed by atoms with Gasteiger partial charge in [0.15, 0.2) is 10.7 Å². The van der Waals surface area contributed by atoms with Crippen molar-refractivity contribution in [3.05, 3.63) is 36.5 Å². The molecule has 0 radical (unpaired) electrons. The molecule has 0 fully saturated rings. The molecule has 18 heavy (non-hydrogen) atoms.